The molecule has 0 amide bonds. The Bertz CT molecular complexity index is 445. The fourth-order valence-electron chi connectivity index (χ4n) is 1.37. The second-order valence-electron chi connectivity index (χ2n) is 2.79. The largest absolute Gasteiger partial charge is 0.356 e. The van der Waals surface area contributed by atoms with Gasteiger partial charge in [-0.25, -0.2) is 0 Å². The van der Waals surface area contributed by atoms with Crippen molar-refractivity contribution in [3.63, 3.8) is 0 Å². The zero-order valence-corrected chi connectivity index (χ0v) is 8.27. The molecular weight excluding hydrogens is 178 g/mol. The Morgan fingerprint density at radius 1 is 1.23 bits per heavy atom. The molecule has 0 aliphatic carbocycles. The van der Waals surface area contributed by atoms with E-state index in [0.29, 0.717) is 0 Å². The molecule has 0 aromatic heterocycles. The Morgan fingerprint density at radius 2 is 2.08 bits per heavy atom. The van der Waals surface area contributed by atoms with Crippen molar-refractivity contribution in [2.24, 2.45) is 0 Å². The van der Waals surface area contributed by atoms with E-state index in [0.717, 1.165) is 0 Å². The fourth-order valence-corrected chi connectivity index (χ4v) is 1.96. The van der Waals surface area contributed by atoms with Crippen LogP contribution in [0.4, 0.5) is 0 Å². The van der Waals surface area contributed by atoms with Crippen LogP contribution in [0.3, 0.4) is 0 Å². The van der Waals surface area contributed by atoms with Gasteiger partial charge in [-0.05, 0) is 17.6 Å². The molecule has 0 atom stereocenters. The average molecular weight is 189 g/mol. The fraction of sp³-hybridized carbons (Fsp3) is 0.0909. The van der Waals surface area contributed by atoms with Gasteiger partial charge < -0.3 is 5.32 Å². The van der Waals surface area contributed by atoms with Crippen LogP contribution in [0.5, 0.6) is 0 Å². The summed E-state index contributed by atoms with van der Waals surface area (Å²) in [7, 11) is 0. The maximum absolute atomic E-state index is 3.26. The first-order chi connectivity index (χ1) is 6.42. The van der Waals surface area contributed by atoms with Crippen molar-refractivity contribution in [1.82, 2.24) is 5.32 Å². The summed E-state index contributed by atoms with van der Waals surface area (Å²) in [5.74, 6) is 0. The van der Waals surface area contributed by atoms with Gasteiger partial charge in [0.25, 0.3) is 0 Å². The van der Waals surface area contributed by atoms with Gasteiger partial charge in [-0.15, -0.1) is 11.8 Å². The first-order valence-electron chi connectivity index (χ1n) is 4.18. The lowest BCUT2D eigenvalue weighted by Gasteiger charge is -2.01. The summed E-state index contributed by atoms with van der Waals surface area (Å²) in [5.41, 5.74) is 0. The Hall–Kier alpha value is -1.15. The summed E-state index contributed by atoms with van der Waals surface area (Å²) in [6.07, 6.45) is 8.19. The molecule has 66 valence electrons. The topological polar surface area (TPSA) is 12.0 Å². The summed E-state index contributed by atoms with van der Waals surface area (Å²) in [6.45, 7) is 0. The molecule has 0 saturated carbocycles. The molecule has 1 aromatic rings. The van der Waals surface area contributed by atoms with E-state index >= 15 is 0 Å². The van der Waals surface area contributed by atoms with E-state index < -0.39 is 0 Å². The van der Waals surface area contributed by atoms with Crippen molar-refractivity contribution in [3.8, 4) is 0 Å². The van der Waals surface area contributed by atoms with Gasteiger partial charge in [0, 0.05) is 11.4 Å². The van der Waals surface area contributed by atoms with E-state index in [1.807, 2.05) is 12.3 Å². The molecule has 1 heterocycles. The second-order valence-corrected chi connectivity index (χ2v) is 3.61. The predicted molar refractivity (Wildman–Crippen MR) is 59.4 cm³/mol. The van der Waals surface area contributed by atoms with Crippen molar-refractivity contribution in [2.75, 3.05) is 6.26 Å². The summed E-state index contributed by atoms with van der Waals surface area (Å²) < 4.78 is 0. The molecule has 0 spiro atoms. The second kappa shape index (κ2) is 3.71. The maximum Gasteiger partial charge on any atom is 0.0798 e. The smallest absolute Gasteiger partial charge is 0.0798 e. The lowest BCUT2D eigenvalue weighted by Crippen LogP contribution is -2.27. The third-order valence-corrected chi connectivity index (χ3v) is 2.74. The Kier molecular flexibility index (Phi) is 2.41. The summed E-state index contributed by atoms with van der Waals surface area (Å²) in [5, 5.41) is 7.01. The molecular formula is C11H11NS. The molecule has 13 heavy (non-hydrogen) atoms. The molecule has 2 rings (SSSR count). The van der Waals surface area contributed by atoms with Gasteiger partial charge in [-0.3, -0.25) is 0 Å². The zero-order chi connectivity index (χ0) is 9.10. The van der Waals surface area contributed by atoms with Crippen LogP contribution in [0.25, 0.3) is 11.1 Å². The molecule has 1 nitrogen and oxygen atoms in total. The first kappa shape index (κ1) is 8.45. The van der Waals surface area contributed by atoms with Gasteiger partial charge in [0.2, 0.25) is 0 Å². The van der Waals surface area contributed by atoms with Crippen LogP contribution in [-0.4, -0.2) is 6.26 Å². The number of rotatable bonds is 1. The Balaban J connectivity index is 2.80. The molecule has 1 aliphatic heterocycles. The Labute approximate surface area is 81.9 Å². The molecule has 0 bridgehead atoms. The van der Waals surface area contributed by atoms with Gasteiger partial charge in [0.15, 0.2) is 0 Å². The van der Waals surface area contributed by atoms with Gasteiger partial charge in [-0.2, -0.15) is 0 Å². The van der Waals surface area contributed by atoms with Crippen LogP contribution in [-0.2, 0) is 0 Å². The minimum atomic E-state index is 1.21. The highest BCUT2D eigenvalue weighted by molar-refractivity contribution is 8.07. The summed E-state index contributed by atoms with van der Waals surface area (Å²) in [6, 6.07) is 8.39. The quantitative estimate of drug-likeness (QED) is 0.707. The van der Waals surface area contributed by atoms with Crippen LogP contribution in [0, 0.1) is 0 Å². The van der Waals surface area contributed by atoms with E-state index in [2.05, 4.69) is 41.9 Å². The van der Waals surface area contributed by atoms with Crippen LogP contribution in [0.1, 0.15) is 0 Å². The summed E-state index contributed by atoms with van der Waals surface area (Å²) >= 11 is 1.74. The number of nitrogens with one attached hydrogen (secondary N) is 1. The number of benzene rings is 1. The number of thioether (sulfide) groups is 1. The van der Waals surface area contributed by atoms with Gasteiger partial charge >= 0.3 is 0 Å². The van der Waals surface area contributed by atoms with Crippen molar-refractivity contribution in [2.45, 2.75) is 0 Å². The van der Waals surface area contributed by atoms with Crippen molar-refractivity contribution in [3.05, 3.63) is 47.0 Å². The van der Waals surface area contributed by atoms with Crippen molar-refractivity contribution < 1.29 is 0 Å². The normalized spacial score (nSPS) is 14.1. The van der Waals surface area contributed by atoms with Gasteiger partial charge in [-0.1, -0.05) is 30.3 Å². The molecule has 1 aliphatic rings. The average Bonchev–Trinajstić information content (AvgIpc) is 2.39. The van der Waals surface area contributed by atoms with E-state index in [1.54, 1.807) is 11.8 Å². The molecule has 1 N–H and O–H groups in total. The van der Waals surface area contributed by atoms with E-state index in [9.17, 15) is 0 Å². The predicted octanol–water partition coefficient (Wildman–Crippen LogP) is 1.01. The number of hydrogen-bond acceptors (Lipinski definition) is 2. The Morgan fingerprint density at radius 3 is 2.92 bits per heavy atom. The zero-order valence-electron chi connectivity index (χ0n) is 7.45. The molecule has 0 fully saturated rings. The number of hydrogen-bond donors (Lipinski definition) is 1. The van der Waals surface area contributed by atoms with Gasteiger partial charge in [0.05, 0.1) is 5.03 Å². The molecule has 0 unspecified atom stereocenters. The van der Waals surface area contributed by atoms with Gasteiger partial charge in [0.1, 0.15) is 0 Å². The first-order valence-corrected chi connectivity index (χ1v) is 5.41. The highest BCUT2D eigenvalue weighted by Gasteiger charge is 1.96. The van der Waals surface area contributed by atoms with Crippen LogP contribution in [0.15, 0.2) is 36.5 Å². The minimum Gasteiger partial charge on any atom is -0.356 e. The van der Waals surface area contributed by atoms with Crippen molar-refractivity contribution in [1.29, 1.82) is 0 Å². The highest BCUT2D eigenvalue weighted by Crippen LogP contribution is 2.06. The monoisotopic (exact) mass is 189 g/mol. The molecule has 1 aromatic carbocycles. The molecule has 0 saturated heterocycles. The van der Waals surface area contributed by atoms with Crippen LogP contribution in [0.2, 0.25) is 0 Å². The van der Waals surface area contributed by atoms with E-state index in [1.165, 1.54) is 15.5 Å². The lowest BCUT2D eigenvalue weighted by molar-refractivity contribution is 1.26. The number of allylic oxidation sites excluding steroid dienone is 1. The summed E-state index contributed by atoms with van der Waals surface area (Å²) in [4.78, 5) is 0. The third kappa shape index (κ3) is 1.63. The lowest BCUT2D eigenvalue weighted by atomic mass is 10.2. The standard InChI is InChI=1S/C11H11NS/c1-13-11-10-7-3-2-5-9(10)6-4-8-12-11/h2-8,12H,1H3. The molecule has 2 heteroatoms. The van der Waals surface area contributed by atoms with E-state index in [4.69, 9.17) is 0 Å². The minimum absolute atomic E-state index is 1.21. The highest BCUT2D eigenvalue weighted by atomic mass is 32.2. The van der Waals surface area contributed by atoms with E-state index in [-0.39, 0.29) is 0 Å². The van der Waals surface area contributed by atoms with Crippen LogP contribution >= 0.6 is 11.8 Å². The maximum atomic E-state index is 3.26. The number of fused-ring (bicyclic) bond motifs is 1. The van der Waals surface area contributed by atoms with Crippen molar-refractivity contribution >= 4 is 22.9 Å². The third-order valence-electron chi connectivity index (χ3n) is 2.00. The molecule has 0 radical (unpaired) electrons. The SMILES string of the molecule is CSC1=c2ccccc2=CC=CN1. The van der Waals surface area contributed by atoms with Crippen LogP contribution < -0.4 is 15.8 Å².